The molecule has 6 heteroatoms. The van der Waals surface area contributed by atoms with Crippen LogP contribution in [0.2, 0.25) is 5.02 Å². The first kappa shape index (κ1) is 17.6. The standard InChI is InChI=1S/C14H23ClN4.HI/c1-16-14(17-7-6-11-4-5-11)19(3)10-13-8-12(15)9-18(13)2;/h8-9,11H,4-7,10H2,1-3H3,(H,16,17);1H. The quantitative estimate of drug-likeness (QED) is 0.460. The maximum absolute atomic E-state index is 6.00. The Bertz CT molecular complexity index is 454. The average molecular weight is 411 g/mol. The van der Waals surface area contributed by atoms with Crippen molar-refractivity contribution in [3.05, 3.63) is 23.0 Å². The highest BCUT2D eigenvalue weighted by Crippen LogP contribution is 2.31. The number of aromatic nitrogens is 1. The van der Waals surface area contributed by atoms with Crippen molar-refractivity contribution >= 4 is 41.5 Å². The molecule has 0 aliphatic heterocycles. The van der Waals surface area contributed by atoms with Crippen LogP contribution in [-0.4, -0.2) is 36.1 Å². The molecule has 2 rings (SSSR count). The number of hydrogen-bond acceptors (Lipinski definition) is 1. The van der Waals surface area contributed by atoms with Crippen molar-refractivity contribution in [2.75, 3.05) is 20.6 Å². The summed E-state index contributed by atoms with van der Waals surface area (Å²) in [6.45, 7) is 1.81. The highest BCUT2D eigenvalue weighted by molar-refractivity contribution is 14.0. The second-order valence-corrected chi connectivity index (χ2v) is 5.76. The molecule has 1 heterocycles. The maximum atomic E-state index is 6.00. The van der Waals surface area contributed by atoms with E-state index in [1.807, 2.05) is 33.4 Å². The fourth-order valence-electron chi connectivity index (χ4n) is 2.22. The Morgan fingerprint density at radius 2 is 2.25 bits per heavy atom. The number of aryl methyl sites for hydroxylation is 1. The van der Waals surface area contributed by atoms with E-state index in [1.54, 1.807) is 0 Å². The number of nitrogens with one attached hydrogen (secondary N) is 1. The summed E-state index contributed by atoms with van der Waals surface area (Å²) in [5, 5.41) is 4.20. The Kier molecular flexibility index (Phi) is 7.15. The van der Waals surface area contributed by atoms with E-state index in [0.29, 0.717) is 0 Å². The molecule has 1 N–H and O–H groups in total. The van der Waals surface area contributed by atoms with Gasteiger partial charge >= 0.3 is 0 Å². The predicted octanol–water partition coefficient (Wildman–Crippen LogP) is 3.10. The first-order valence-corrected chi connectivity index (χ1v) is 7.20. The Labute approximate surface area is 143 Å². The van der Waals surface area contributed by atoms with Gasteiger partial charge in [-0.3, -0.25) is 4.99 Å². The van der Waals surface area contributed by atoms with Crippen molar-refractivity contribution in [1.29, 1.82) is 0 Å². The van der Waals surface area contributed by atoms with Crippen LogP contribution in [0.3, 0.4) is 0 Å². The van der Waals surface area contributed by atoms with E-state index in [4.69, 9.17) is 11.6 Å². The van der Waals surface area contributed by atoms with Crippen LogP contribution in [0.15, 0.2) is 17.3 Å². The van der Waals surface area contributed by atoms with Gasteiger partial charge < -0.3 is 14.8 Å². The molecule has 0 amide bonds. The topological polar surface area (TPSA) is 32.6 Å². The highest BCUT2D eigenvalue weighted by Gasteiger charge is 2.20. The molecule has 1 aliphatic carbocycles. The van der Waals surface area contributed by atoms with Gasteiger partial charge in [0.05, 0.1) is 11.6 Å². The lowest BCUT2D eigenvalue weighted by Crippen LogP contribution is -2.39. The van der Waals surface area contributed by atoms with Gasteiger partial charge in [0, 0.05) is 39.6 Å². The van der Waals surface area contributed by atoms with Gasteiger partial charge in [0.25, 0.3) is 0 Å². The minimum atomic E-state index is 0. The van der Waals surface area contributed by atoms with Crippen molar-refractivity contribution in [3.63, 3.8) is 0 Å². The summed E-state index contributed by atoms with van der Waals surface area (Å²) in [4.78, 5) is 6.45. The van der Waals surface area contributed by atoms with Gasteiger partial charge in [-0.05, 0) is 18.4 Å². The molecule has 114 valence electrons. The lowest BCUT2D eigenvalue weighted by Gasteiger charge is -2.22. The zero-order chi connectivity index (χ0) is 13.8. The van der Waals surface area contributed by atoms with Gasteiger partial charge in [0.15, 0.2) is 5.96 Å². The van der Waals surface area contributed by atoms with Crippen LogP contribution in [-0.2, 0) is 13.6 Å². The first-order chi connectivity index (χ1) is 9.10. The number of aliphatic imine (C=N–C) groups is 1. The molecule has 1 aromatic heterocycles. The number of guanidine groups is 1. The molecule has 1 aromatic rings. The number of rotatable bonds is 5. The molecule has 0 atom stereocenters. The van der Waals surface area contributed by atoms with Crippen molar-refractivity contribution in [1.82, 2.24) is 14.8 Å². The van der Waals surface area contributed by atoms with Crippen LogP contribution in [0, 0.1) is 5.92 Å². The third-order valence-electron chi connectivity index (χ3n) is 3.58. The summed E-state index contributed by atoms with van der Waals surface area (Å²) >= 11 is 6.00. The van der Waals surface area contributed by atoms with Gasteiger partial charge in [-0.1, -0.05) is 24.4 Å². The van der Waals surface area contributed by atoms with Crippen LogP contribution in [0.25, 0.3) is 0 Å². The summed E-state index contributed by atoms with van der Waals surface area (Å²) in [5.74, 6) is 1.89. The van der Waals surface area contributed by atoms with Crippen molar-refractivity contribution < 1.29 is 0 Å². The first-order valence-electron chi connectivity index (χ1n) is 6.82. The molecular weight excluding hydrogens is 387 g/mol. The lowest BCUT2D eigenvalue weighted by molar-refractivity contribution is 0.460. The van der Waals surface area contributed by atoms with Crippen molar-refractivity contribution in [3.8, 4) is 0 Å². The Morgan fingerprint density at radius 1 is 1.55 bits per heavy atom. The average Bonchev–Trinajstić information content (AvgIpc) is 3.12. The molecule has 0 saturated heterocycles. The Morgan fingerprint density at radius 3 is 2.75 bits per heavy atom. The third-order valence-corrected chi connectivity index (χ3v) is 3.79. The Hall–Kier alpha value is -0.430. The molecule has 20 heavy (non-hydrogen) atoms. The predicted molar refractivity (Wildman–Crippen MR) is 96.0 cm³/mol. The molecule has 0 radical (unpaired) electrons. The van der Waals surface area contributed by atoms with Crippen LogP contribution in [0.1, 0.15) is 25.0 Å². The fraction of sp³-hybridized carbons (Fsp3) is 0.643. The van der Waals surface area contributed by atoms with E-state index in [-0.39, 0.29) is 24.0 Å². The lowest BCUT2D eigenvalue weighted by atomic mass is 10.3. The van der Waals surface area contributed by atoms with E-state index in [2.05, 4.69) is 19.8 Å². The molecule has 0 spiro atoms. The molecular formula is C14H24ClIN4. The molecule has 0 unspecified atom stereocenters. The van der Waals surface area contributed by atoms with E-state index in [0.717, 1.165) is 30.0 Å². The SMILES string of the molecule is CN=C(NCCC1CC1)N(C)Cc1cc(Cl)cn1C.I. The molecule has 0 aromatic carbocycles. The molecule has 1 saturated carbocycles. The van der Waals surface area contributed by atoms with Crippen molar-refractivity contribution in [2.45, 2.75) is 25.8 Å². The summed E-state index contributed by atoms with van der Waals surface area (Å²) in [5.41, 5.74) is 1.18. The van der Waals surface area contributed by atoms with Crippen LogP contribution < -0.4 is 5.32 Å². The summed E-state index contributed by atoms with van der Waals surface area (Å²) in [6.07, 6.45) is 5.98. The van der Waals surface area contributed by atoms with Gasteiger partial charge in [-0.25, -0.2) is 0 Å². The third kappa shape index (κ3) is 5.16. The zero-order valence-corrected chi connectivity index (χ0v) is 15.5. The van der Waals surface area contributed by atoms with Crippen molar-refractivity contribution in [2.24, 2.45) is 18.0 Å². The molecule has 4 nitrogen and oxygen atoms in total. The van der Waals surface area contributed by atoms with Crippen LogP contribution in [0.4, 0.5) is 0 Å². The molecule has 0 bridgehead atoms. The Balaban J connectivity index is 0.00000200. The molecule has 1 aliphatic rings. The monoisotopic (exact) mass is 410 g/mol. The van der Waals surface area contributed by atoms with E-state index < -0.39 is 0 Å². The maximum Gasteiger partial charge on any atom is 0.193 e. The van der Waals surface area contributed by atoms with Crippen LogP contribution in [0.5, 0.6) is 0 Å². The second-order valence-electron chi connectivity index (χ2n) is 5.32. The number of nitrogens with zero attached hydrogens (tertiary/aromatic N) is 3. The zero-order valence-electron chi connectivity index (χ0n) is 12.4. The minimum absolute atomic E-state index is 0. The minimum Gasteiger partial charge on any atom is -0.356 e. The number of halogens is 2. The van der Waals surface area contributed by atoms with Gasteiger partial charge in [0.1, 0.15) is 0 Å². The number of hydrogen-bond donors (Lipinski definition) is 1. The molecule has 1 fully saturated rings. The van der Waals surface area contributed by atoms with Gasteiger partial charge in [0.2, 0.25) is 0 Å². The summed E-state index contributed by atoms with van der Waals surface area (Å²) in [7, 11) is 5.89. The van der Waals surface area contributed by atoms with E-state index in [1.165, 1.54) is 25.0 Å². The fourth-order valence-corrected chi connectivity index (χ4v) is 2.49. The normalized spacial score (nSPS) is 14.9. The van der Waals surface area contributed by atoms with Gasteiger partial charge in [-0.2, -0.15) is 0 Å². The van der Waals surface area contributed by atoms with Gasteiger partial charge in [-0.15, -0.1) is 24.0 Å². The largest absolute Gasteiger partial charge is 0.356 e. The smallest absolute Gasteiger partial charge is 0.193 e. The highest BCUT2D eigenvalue weighted by atomic mass is 127. The van der Waals surface area contributed by atoms with E-state index in [9.17, 15) is 0 Å². The second kappa shape index (κ2) is 8.12. The van der Waals surface area contributed by atoms with E-state index >= 15 is 0 Å². The summed E-state index contributed by atoms with van der Waals surface area (Å²) < 4.78 is 2.05. The van der Waals surface area contributed by atoms with Crippen LogP contribution >= 0.6 is 35.6 Å². The summed E-state index contributed by atoms with van der Waals surface area (Å²) in [6, 6.07) is 2.00.